The van der Waals surface area contributed by atoms with Crippen molar-refractivity contribution < 1.29 is 9.21 Å². The van der Waals surface area contributed by atoms with Crippen molar-refractivity contribution in [3.63, 3.8) is 0 Å². The normalized spacial score (nSPS) is 10.7. The first-order valence-corrected chi connectivity index (χ1v) is 7.02. The Labute approximate surface area is 128 Å². The Kier molecular flexibility index (Phi) is 3.55. The average Bonchev–Trinajstić information content (AvgIpc) is 3.13. The van der Waals surface area contributed by atoms with Gasteiger partial charge in [-0.1, -0.05) is 12.1 Å². The molecule has 0 radical (unpaired) electrons. The molecule has 112 valence electrons. The van der Waals surface area contributed by atoms with Gasteiger partial charge < -0.3 is 9.73 Å². The summed E-state index contributed by atoms with van der Waals surface area (Å²) in [5, 5.41) is 7.26. The molecule has 0 fully saturated rings. The molecule has 1 N–H and O–H groups in total. The highest BCUT2D eigenvalue weighted by Gasteiger charge is 2.14. The summed E-state index contributed by atoms with van der Waals surface area (Å²) in [5.41, 5.74) is 5.36. The summed E-state index contributed by atoms with van der Waals surface area (Å²) in [5.74, 6) is -0.211. The van der Waals surface area contributed by atoms with Crippen LogP contribution in [0.25, 0.3) is 5.69 Å². The summed E-state index contributed by atoms with van der Waals surface area (Å²) in [6.45, 7) is 6.02. The second-order valence-corrected chi connectivity index (χ2v) is 5.31. The molecule has 2 heterocycles. The Morgan fingerprint density at radius 1 is 1.23 bits per heavy atom. The molecule has 3 aromatic rings. The van der Waals surface area contributed by atoms with Crippen LogP contribution in [-0.4, -0.2) is 15.7 Å². The van der Waals surface area contributed by atoms with Gasteiger partial charge in [0.15, 0.2) is 0 Å². The van der Waals surface area contributed by atoms with Crippen molar-refractivity contribution in [3.8, 4) is 5.69 Å². The Bertz CT molecular complexity index is 817. The van der Waals surface area contributed by atoms with E-state index in [2.05, 4.69) is 28.6 Å². The van der Waals surface area contributed by atoms with Crippen LogP contribution in [0.3, 0.4) is 0 Å². The first kappa shape index (κ1) is 14.1. The standard InChI is InChI=1S/C17H17N3O2/c1-11-4-5-12(2)16(8-11)20-13(3)15(9-18-20)19-17(21)14-6-7-22-10-14/h4-10H,1-3H3,(H,19,21). The minimum atomic E-state index is -0.211. The topological polar surface area (TPSA) is 60.1 Å². The Hall–Kier alpha value is -2.82. The molecule has 0 bridgehead atoms. The van der Waals surface area contributed by atoms with E-state index >= 15 is 0 Å². The molecule has 5 nitrogen and oxygen atoms in total. The molecule has 2 aromatic heterocycles. The quantitative estimate of drug-likeness (QED) is 0.802. The molecule has 0 spiro atoms. The lowest BCUT2D eigenvalue weighted by Gasteiger charge is -2.10. The van der Waals surface area contributed by atoms with Crippen LogP contribution in [0.5, 0.6) is 0 Å². The van der Waals surface area contributed by atoms with Gasteiger partial charge in [-0.15, -0.1) is 0 Å². The average molecular weight is 295 g/mol. The van der Waals surface area contributed by atoms with Gasteiger partial charge in [-0.05, 0) is 44.0 Å². The lowest BCUT2D eigenvalue weighted by atomic mass is 10.1. The second-order valence-electron chi connectivity index (χ2n) is 5.31. The minimum absolute atomic E-state index is 0.211. The molecule has 3 rings (SSSR count). The molecule has 0 aliphatic heterocycles. The van der Waals surface area contributed by atoms with Crippen LogP contribution < -0.4 is 5.32 Å². The van der Waals surface area contributed by atoms with Crippen LogP contribution in [0.1, 0.15) is 27.2 Å². The zero-order valence-electron chi connectivity index (χ0n) is 12.8. The SMILES string of the molecule is Cc1ccc(C)c(-n2ncc(NC(=O)c3ccoc3)c2C)c1. The first-order chi connectivity index (χ1) is 10.6. The van der Waals surface area contributed by atoms with Crippen LogP contribution >= 0.6 is 0 Å². The van der Waals surface area contributed by atoms with Crippen LogP contribution in [0.2, 0.25) is 0 Å². The maximum Gasteiger partial charge on any atom is 0.259 e. The molecule has 0 aliphatic rings. The third-order valence-corrected chi connectivity index (χ3v) is 3.63. The number of nitrogens with zero attached hydrogens (tertiary/aromatic N) is 2. The van der Waals surface area contributed by atoms with E-state index < -0.39 is 0 Å². The summed E-state index contributed by atoms with van der Waals surface area (Å²) in [6, 6.07) is 7.84. The summed E-state index contributed by atoms with van der Waals surface area (Å²) < 4.78 is 6.77. The highest BCUT2D eigenvalue weighted by Crippen LogP contribution is 2.22. The number of aromatic nitrogens is 2. The third-order valence-electron chi connectivity index (χ3n) is 3.63. The molecule has 5 heteroatoms. The number of hydrogen-bond donors (Lipinski definition) is 1. The van der Waals surface area contributed by atoms with Gasteiger partial charge in [0.05, 0.1) is 35.1 Å². The predicted octanol–water partition coefficient (Wildman–Crippen LogP) is 3.64. The van der Waals surface area contributed by atoms with Crippen molar-refractivity contribution in [2.45, 2.75) is 20.8 Å². The zero-order chi connectivity index (χ0) is 15.7. The summed E-state index contributed by atoms with van der Waals surface area (Å²) >= 11 is 0. The third kappa shape index (κ3) is 2.53. The molecule has 1 amide bonds. The van der Waals surface area contributed by atoms with Crippen LogP contribution in [0.15, 0.2) is 47.4 Å². The first-order valence-electron chi connectivity index (χ1n) is 7.02. The number of anilines is 1. The van der Waals surface area contributed by atoms with Gasteiger partial charge in [-0.3, -0.25) is 4.79 Å². The fraction of sp³-hybridized carbons (Fsp3) is 0.176. The maximum atomic E-state index is 12.1. The van der Waals surface area contributed by atoms with Crippen molar-refractivity contribution in [3.05, 3.63) is 65.4 Å². The van der Waals surface area contributed by atoms with Crippen LogP contribution in [0.4, 0.5) is 5.69 Å². The van der Waals surface area contributed by atoms with E-state index in [0.29, 0.717) is 11.3 Å². The van der Waals surface area contributed by atoms with Crippen LogP contribution in [0, 0.1) is 20.8 Å². The smallest absolute Gasteiger partial charge is 0.259 e. The molecule has 0 atom stereocenters. The predicted molar refractivity (Wildman–Crippen MR) is 84.4 cm³/mol. The molecule has 0 unspecified atom stereocenters. The van der Waals surface area contributed by atoms with Gasteiger partial charge in [0, 0.05) is 0 Å². The van der Waals surface area contributed by atoms with Gasteiger partial charge in [-0.25, -0.2) is 4.68 Å². The fourth-order valence-corrected chi connectivity index (χ4v) is 2.31. The number of carbonyl (C=O) groups excluding carboxylic acids is 1. The molecular weight excluding hydrogens is 278 g/mol. The van der Waals surface area contributed by atoms with E-state index in [9.17, 15) is 4.79 Å². The molecule has 0 saturated heterocycles. The van der Waals surface area contributed by atoms with Crippen molar-refractivity contribution >= 4 is 11.6 Å². The highest BCUT2D eigenvalue weighted by atomic mass is 16.3. The monoisotopic (exact) mass is 295 g/mol. The molecule has 1 aromatic carbocycles. The summed E-state index contributed by atoms with van der Waals surface area (Å²) in [4.78, 5) is 12.1. The fourth-order valence-electron chi connectivity index (χ4n) is 2.31. The van der Waals surface area contributed by atoms with Gasteiger partial charge in [0.1, 0.15) is 6.26 Å². The zero-order valence-corrected chi connectivity index (χ0v) is 12.8. The maximum absolute atomic E-state index is 12.1. The van der Waals surface area contributed by atoms with E-state index in [1.165, 1.54) is 18.1 Å². The Morgan fingerprint density at radius 2 is 2.05 bits per heavy atom. The number of benzene rings is 1. The van der Waals surface area contributed by atoms with E-state index in [-0.39, 0.29) is 5.91 Å². The van der Waals surface area contributed by atoms with Gasteiger partial charge in [0.25, 0.3) is 5.91 Å². The Balaban J connectivity index is 1.92. The van der Waals surface area contributed by atoms with Crippen molar-refractivity contribution in [2.24, 2.45) is 0 Å². The van der Waals surface area contributed by atoms with Gasteiger partial charge in [0.2, 0.25) is 0 Å². The number of furan rings is 1. The van der Waals surface area contributed by atoms with E-state index in [4.69, 9.17) is 4.42 Å². The largest absolute Gasteiger partial charge is 0.472 e. The van der Waals surface area contributed by atoms with E-state index in [0.717, 1.165) is 16.9 Å². The van der Waals surface area contributed by atoms with Crippen LogP contribution in [-0.2, 0) is 0 Å². The van der Waals surface area contributed by atoms with Gasteiger partial charge in [-0.2, -0.15) is 5.10 Å². The number of aryl methyl sites for hydroxylation is 2. The Morgan fingerprint density at radius 3 is 2.77 bits per heavy atom. The lowest BCUT2D eigenvalue weighted by molar-refractivity contribution is 0.102. The number of rotatable bonds is 3. The van der Waals surface area contributed by atoms with E-state index in [1.807, 2.05) is 25.5 Å². The van der Waals surface area contributed by atoms with Gasteiger partial charge >= 0.3 is 0 Å². The lowest BCUT2D eigenvalue weighted by Crippen LogP contribution is -2.11. The summed E-state index contributed by atoms with van der Waals surface area (Å²) in [6.07, 6.45) is 4.55. The highest BCUT2D eigenvalue weighted by molar-refractivity contribution is 6.04. The van der Waals surface area contributed by atoms with Crippen molar-refractivity contribution in [1.29, 1.82) is 0 Å². The molecule has 0 aliphatic carbocycles. The molecule has 22 heavy (non-hydrogen) atoms. The number of hydrogen-bond acceptors (Lipinski definition) is 3. The van der Waals surface area contributed by atoms with Crippen molar-refractivity contribution in [2.75, 3.05) is 5.32 Å². The summed E-state index contributed by atoms with van der Waals surface area (Å²) in [7, 11) is 0. The minimum Gasteiger partial charge on any atom is -0.472 e. The second kappa shape index (κ2) is 5.52. The number of carbonyl (C=O) groups is 1. The number of amides is 1. The van der Waals surface area contributed by atoms with E-state index in [1.54, 1.807) is 12.3 Å². The van der Waals surface area contributed by atoms with Crippen molar-refractivity contribution in [1.82, 2.24) is 9.78 Å². The molecule has 0 saturated carbocycles. The number of nitrogens with one attached hydrogen (secondary N) is 1. The molecular formula is C17H17N3O2.